The van der Waals surface area contributed by atoms with Crippen molar-refractivity contribution in [3.63, 3.8) is 0 Å². The third kappa shape index (κ3) is 2.74. The van der Waals surface area contributed by atoms with Crippen LogP contribution in [0.3, 0.4) is 0 Å². The van der Waals surface area contributed by atoms with E-state index in [0.29, 0.717) is 10.7 Å². The molecular formula is C13H8ClFN2. The van der Waals surface area contributed by atoms with E-state index in [1.807, 2.05) is 6.07 Å². The molecule has 0 unspecified atom stereocenters. The maximum absolute atomic E-state index is 12.9. The normalized spacial score (nSPS) is 9.71. The van der Waals surface area contributed by atoms with Crippen molar-refractivity contribution in [1.82, 2.24) is 0 Å². The Labute approximate surface area is 103 Å². The van der Waals surface area contributed by atoms with E-state index in [1.54, 1.807) is 24.3 Å². The largest absolute Gasteiger partial charge is 0.354 e. The Hall–Kier alpha value is -2.05. The van der Waals surface area contributed by atoms with Gasteiger partial charge in [0.05, 0.1) is 11.3 Å². The fraction of sp³-hybridized carbons (Fsp3) is 0. The van der Waals surface area contributed by atoms with E-state index in [-0.39, 0.29) is 5.56 Å². The minimum atomic E-state index is -0.428. The van der Waals surface area contributed by atoms with E-state index >= 15 is 0 Å². The number of hydrogen-bond donors (Lipinski definition) is 1. The summed E-state index contributed by atoms with van der Waals surface area (Å²) in [7, 11) is 0. The molecule has 2 aromatic rings. The van der Waals surface area contributed by atoms with E-state index in [0.717, 1.165) is 5.69 Å². The molecule has 0 radical (unpaired) electrons. The molecule has 0 atom stereocenters. The zero-order valence-electron chi connectivity index (χ0n) is 8.74. The van der Waals surface area contributed by atoms with Gasteiger partial charge in [-0.2, -0.15) is 5.26 Å². The van der Waals surface area contributed by atoms with Gasteiger partial charge in [0.1, 0.15) is 11.9 Å². The van der Waals surface area contributed by atoms with Crippen molar-refractivity contribution >= 4 is 23.0 Å². The fourth-order valence-corrected chi connectivity index (χ4v) is 1.53. The Balaban J connectivity index is 2.30. The van der Waals surface area contributed by atoms with Crippen LogP contribution >= 0.6 is 11.6 Å². The van der Waals surface area contributed by atoms with Gasteiger partial charge in [-0.05, 0) is 42.5 Å². The average molecular weight is 247 g/mol. The van der Waals surface area contributed by atoms with Gasteiger partial charge in [-0.25, -0.2) is 4.39 Å². The highest BCUT2D eigenvalue weighted by Gasteiger charge is 2.03. The monoisotopic (exact) mass is 246 g/mol. The van der Waals surface area contributed by atoms with Crippen LogP contribution < -0.4 is 5.32 Å². The van der Waals surface area contributed by atoms with Crippen molar-refractivity contribution in [3.05, 3.63) is 58.9 Å². The van der Waals surface area contributed by atoms with Crippen LogP contribution in [-0.2, 0) is 0 Å². The molecule has 1 N–H and O–H groups in total. The van der Waals surface area contributed by atoms with Crippen LogP contribution in [0.5, 0.6) is 0 Å². The van der Waals surface area contributed by atoms with Gasteiger partial charge in [0, 0.05) is 10.7 Å². The molecular weight excluding hydrogens is 239 g/mol. The Morgan fingerprint density at radius 3 is 2.47 bits per heavy atom. The molecule has 0 bridgehead atoms. The molecule has 0 spiro atoms. The Kier molecular flexibility index (Phi) is 3.27. The van der Waals surface area contributed by atoms with Crippen LogP contribution in [0.15, 0.2) is 42.5 Å². The predicted octanol–water partition coefficient (Wildman–Crippen LogP) is 4.09. The molecule has 0 saturated heterocycles. The number of halogens is 2. The number of hydrogen-bond acceptors (Lipinski definition) is 2. The first-order valence-electron chi connectivity index (χ1n) is 4.91. The quantitative estimate of drug-likeness (QED) is 0.866. The second-order valence-corrected chi connectivity index (χ2v) is 3.87. The van der Waals surface area contributed by atoms with Gasteiger partial charge < -0.3 is 5.32 Å². The Morgan fingerprint density at radius 2 is 1.82 bits per heavy atom. The maximum Gasteiger partial charge on any atom is 0.124 e. The summed E-state index contributed by atoms with van der Waals surface area (Å²) in [5.41, 5.74) is 1.62. The van der Waals surface area contributed by atoms with Crippen LogP contribution in [0.2, 0.25) is 5.02 Å². The van der Waals surface area contributed by atoms with Gasteiger partial charge in [-0.15, -0.1) is 0 Å². The van der Waals surface area contributed by atoms with Crippen molar-refractivity contribution < 1.29 is 4.39 Å². The molecule has 84 valence electrons. The summed E-state index contributed by atoms with van der Waals surface area (Å²) in [5.74, 6) is -0.428. The van der Waals surface area contributed by atoms with E-state index in [9.17, 15) is 4.39 Å². The summed E-state index contributed by atoms with van der Waals surface area (Å²) in [5, 5.41) is 12.6. The fourth-order valence-electron chi connectivity index (χ4n) is 1.41. The predicted molar refractivity (Wildman–Crippen MR) is 65.8 cm³/mol. The summed E-state index contributed by atoms with van der Waals surface area (Å²) >= 11 is 5.76. The lowest BCUT2D eigenvalue weighted by Crippen LogP contribution is -1.94. The molecule has 2 rings (SSSR count). The van der Waals surface area contributed by atoms with Gasteiger partial charge >= 0.3 is 0 Å². The van der Waals surface area contributed by atoms with Crippen molar-refractivity contribution in [3.8, 4) is 6.07 Å². The number of nitriles is 1. The Bertz CT molecular complexity index is 573. The number of anilines is 2. The van der Waals surface area contributed by atoms with Gasteiger partial charge in [0.2, 0.25) is 0 Å². The van der Waals surface area contributed by atoms with E-state index in [1.165, 1.54) is 18.2 Å². The molecule has 0 aromatic heterocycles. The zero-order chi connectivity index (χ0) is 12.3. The highest BCUT2D eigenvalue weighted by atomic mass is 35.5. The first-order valence-corrected chi connectivity index (χ1v) is 5.29. The first-order chi connectivity index (χ1) is 8.19. The molecule has 2 nitrogen and oxygen atoms in total. The summed E-state index contributed by atoms with van der Waals surface area (Å²) < 4.78 is 12.9. The number of rotatable bonds is 2. The molecule has 0 aliphatic heterocycles. The molecule has 0 fully saturated rings. The lowest BCUT2D eigenvalue weighted by atomic mass is 10.2. The summed E-state index contributed by atoms with van der Waals surface area (Å²) in [4.78, 5) is 0. The van der Waals surface area contributed by atoms with Gasteiger partial charge in [-0.1, -0.05) is 11.6 Å². The zero-order valence-corrected chi connectivity index (χ0v) is 9.50. The topological polar surface area (TPSA) is 35.8 Å². The summed E-state index contributed by atoms with van der Waals surface area (Å²) in [6, 6.07) is 13.0. The van der Waals surface area contributed by atoms with E-state index in [2.05, 4.69) is 5.32 Å². The Morgan fingerprint density at radius 1 is 1.12 bits per heavy atom. The molecule has 0 amide bonds. The van der Waals surface area contributed by atoms with E-state index in [4.69, 9.17) is 16.9 Å². The minimum absolute atomic E-state index is 0.264. The minimum Gasteiger partial charge on any atom is -0.354 e. The first kappa shape index (κ1) is 11.4. The van der Waals surface area contributed by atoms with Crippen molar-refractivity contribution in [1.29, 1.82) is 5.26 Å². The highest BCUT2D eigenvalue weighted by molar-refractivity contribution is 6.30. The molecule has 2 aromatic carbocycles. The highest BCUT2D eigenvalue weighted by Crippen LogP contribution is 2.22. The second kappa shape index (κ2) is 4.86. The lowest BCUT2D eigenvalue weighted by Gasteiger charge is -2.08. The average Bonchev–Trinajstić information content (AvgIpc) is 2.34. The maximum atomic E-state index is 12.9. The molecule has 4 heteroatoms. The standard InChI is InChI=1S/C13H8ClFN2/c14-10-1-4-12(5-2-10)17-13-6-3-11(15)7-9(13)8-16/h1-7,17H. The second-order valence-electron chi connectivity index (χ2n) is 3.43. The van der Waals surface area contributed by atoms with Crippen LogP contribution in [0.4, 0.5) is 15.8 Å². The van der Waals surface area contributed by atoms with Crippen LogP contribution in [0, 0.1) is 17.1 Å². The van der Waals surface area contributed by atoms with Crippen molar-refractivity contribution in [2.24, 2.45) is 0 Å². The summed E-state index contributed by atoms with van der Waals surface area (Å²) in [6.45, 7) is 0. The SMILES string of the molecule is N#Cc1cc(F)ccc1Nc1ccc(Cl)cc1. The van der Waals surface area contributed by atoms with Crippen molar-refractivity contribution in [2.75, 3.05) is 5.32 Å². The third-order valence-corrected chi connectivity index (χ3v) is 2.48. The molecule has 0 aliphatic rings. The number of benzene rings is 2. The van der Waals surface area contributed by atoms with Crippen LogP contribution in [0.1, 0.15) is 5.56 Å². The van der Waals surface area contributed by atoms with Crippen LogP contribution in [-0.4, -0.2) is 0 Å². The van der Waals surface area contributed by atoms with Gasteiger partial charge in [-0.3, -0.25) is 0 Å². The van der Waals surface area contributed by atoms with Gasteiger partial charge in [0.15, 0.2) is 0 Å². The number of nitrogens with one attached hydrogen (secondary N) is 1. The third-order valence-electron chi connectivity index (χ3n) is 2.23. The van der Waals surface area contributed by atoms with Crippen molar-refractivity contribution in [2.45, 2.75) is 0 Å². The smallest absolute Gasteiger partial charge is 0.124 e. The molecule has 0 saturated carbocycles. The van der Waals surface area contributed by atoms with Crippen LogP contribution in [0.25, 0.3) is 0 Å². The number of nitrogens with zero attached hydrogens (tertiary/aromatic N) is 1. The molecule has 0 heterocycles. The van der Waals surface area contributed by atoms with Gasteiger partial charge in [0.25, 0.3) is 0 Å². The molecule has 0 aliphatic carbocycles. The molecule has 17 heavy (non-hydrogen) atoms. The lowest BCUT2D eigenvalue weighted by molar-refractivity contribution is 0.627. The van der Waals surface area contributed by atoms with E-state index < -0.39 is 5.82 Å². The summed E-state index contributed by atoms with van der Waals surface area (Å²) in [6.07, 6.45) is 0.